The molecule has 0 spiro atoms. The Morgan fingerprint density at radius 3 is 2.13 bits per heavy atom. The van der Waals surface area contributed by atoms with E-state index in [9.17, 15) is 10.4 Å². The van der Waals surface area contributed by atoms with Gasteiger partial charge in [0.15, 0.2) is 11.5 Å². The van der Waals surface area contributed by atoms with E-state index in [0.717, 1.165) is 0 Å². The van der Waals surface area contributed by atoms with Gasteiger partial charge in [0.25, 0.3) is 0 Å². The van der Waals surface area contributed by atoms with E-state index in [1.165, 1.54) is 26.4 Å². The van der Waals surface area contributed by atoms with Crippen molar-refractivity contribution < 1.29 is 19.5 Å². The molecule has 1 aliphatic rings. The number of methoxy groups -OCH3 is 2. The fraction of sp³-hybridized carbons (Fsp3) is 0.222. The lowest BCUT2D eigenvalue weighted by Crippen LogP contribution is -2.16. The van der Waals surface area contributed by atoms with Crippen LogP contribution in [0.3, 0.4) is 0 Å². The molecule has 0 heterocycles. The molecule has 0 bridgehead atoms. The second kappa shape index (κ2) is 4.41. The van der Waals surface area contributed by atoms with Crippen molar-refractivity contribution in [2.45, 2.75) is 0 Å². The summed E-state index contributed by atoms with van der Waals surface area (Å²) >= 11 is 0. The second-order valence-electron chi connectivity index (χ2n) is 2.65. The minimum atomic E-state index is -0.607. The number of nitrogens with zero attached hydrogens (tertiary/aromatic N) is 1. The average molecular weight is 212 g/mol. The number of hydrogen-bond acceptors (Lipinski definition) is 5. The molecule has 0 aliphatic heterocycles. The third-order valence-electron chi connectivity index (χ3n) is 1.87. The Kier molecular flexibility index (Phi) is 3.22. The molecule has 0 atom stereocenters. The Balaban J connectivity index is 3.25. The van der Waals surface area contributed by atoms with Gasteiger partial charge in [0, 0.05) is 6.08 Å². The van der Waals surface area contributed by atoms with Gasteiger partial charge < -0.3 is 25.0 Å². The van der Waals surface area contributed by atoms with Crippen molar-refractivity contribution in [2.75, 3.05) is 14.2 Å². The Morgan fingerprint density at radius 1 is 1.20 bits per heavy atom. The summed E-state index contributed by atoms with van der Waals surface area (Å²) in [7, 11) is 2.79. The van der Waals surface area contributed by atoms with Crippen LogP contribution in [0.4, 0.5) is 0 Å². The highest BCUT2D eigenvalue weighted by molar-refractivity contribution is 6.08. The number of aliphatic hydroxyl groups is 1. The van der Waals surface area contributed by atoms with Crippen molar-refractivity contribution in [3.05, 3.63) is 45.9 Å². The van der Waals surface area contributed by atoms with Crippen molar-refractivity contribution >= 4 is 5.71 Å². The van der Waals surface area contributed by atoms with E-state index in [4.69, 9.17) is 14.6 Å². The number of aliphatic hydroxyl groups excluding tert-OH is 1. The summed E-state index contributed by atoms with van der Waals surface area (Å²) in [5.41, 5.74) is -0.173. The summed E-state index contributed by atoms with van der Waals surface area (Å²) in [6, 6.07) is 0. The molecule has 6 nitrogen and oxygen atoms in total. The number of ether oxygens (including phenoxy) is 2. The number of hydrogen-bond donors (Lipinski definition) is 1. The highest BCUT2D eigenvalue weighted by atomic mass is 16.8. The van der Waals surface area contributed by atoms with Crippen LogP contribution >= 0.6 is 0 Å². The first kappa shape index (κ1) is 11.0. The van der Waals surface area contributed by atoms with E-state index in [0.29, 0.717) is 12.0 Å². The largest absolute Gasteiger partial charge is 0.612 e. The molecule has 0 aromatic carbocycles. The smallest absolute Gasteiger partial charge is 0.237 e. The molecule has 1 rings (SSSR count). The molecular weight excluding hydrogens is 202 g/mol. The maximum atomic E-state index is 10.6. The molecule has 6 heteroatoms. The molecular formula is C9H10NO5-. The van der Waals surface area contributed by atoms with E-state index in [-0.39, 0.29) is 17.0 Å². The maximum Gasteiger partial charge on any atom is 0.237 e. The molecule has 0 saturated carbocycles. The van der Waals surface area contributed by atoms with E-state index in [1.807, 2.05) is 0 Å². The minimum absolute atomic E-state index is 0.0673. The maximum absolute atomic E-state index is 10.6. The van der Waals surface area contributed by atoms with E-state index in [1.54, 1.807) is 0 Å². The zero-order valence-corrected chi connectivity index (χ0v) is 8.26. The molecule has 0 aromatic heterocycles. The molecule has 1 aliphatic carbocycles. The van der Waals surface area contributed by atoms with Crippen LogP contribution in [0.25, 0.3) is 0 Å². The third kappa shape index (κ3) is 2.04. The van der Waals surface area contributed by atoms with E-state index < -0.39 is 4.90 Å². The molecule has 82 valence electrons. The van der Waals surface area contributed by atoms with Crippen LogP contribution in [-0.4, -0.2) is 29.9 Å². The molecule has 1 N–H and O–H groups in total. The van der Waals surface area contributed by atoms with Crippen LogP contribution in [0, 0.1) is 10.4 Å². The predicted molar refractivity (Wildman–Crippen MR) is 52.9 cm³/mol. The van der Waals surface area contributed by atoms with E-state index >= 15 is 0 Å². The monoisotopic (exact) mass is 212 g/mol. The van der Waals surface area contributed by atoms with Crippen molar-refractivity contribution in [3.8, 4) is 0 Å². The molecule has 0 amide bonds. The Hall–Kier alpha value is -2.11. The van der Waals surface area contributed by atoms with Crippen LogP contribution < -0.4 is 0 Å². The SMILES string of the molecule is COC1=CC(=CO)C(=[N+]([O-])[O-])C=C1OC. The van der Waals surface area contributed by atoms with Crippen molar-refractivity contribution in [1.82, 2.24) is 0 Å². The summed E-state index contributed by atoms with van der Waals surface area (Å²) in [5.74, 6) is 0.568. The molecule has 0 radical (unpaired) electrons. The third-order valence-corrected chi connectivity index (χ3v) is 1.87. The van der Waals surface area contributed by atoms with Gasteiger partial charge in [-0.25, -0.2) is 0 Å². The van der Waals surface area contributed by atoms with Crippen LogP contribution in [0.15, 0.2) is 35.5 Å². The molecule has 0 fully saturated rings. The fourth-order valence-electron chi connectivity index (χ4n) is 1.15. The molecule has 0 saturated heterocycles. The summed E-state index contributed by atoms with van der Waals surface area (Å²) in [4.78, 5) is -0.607. The number of allylic oxidation sites excluding steroid dienone is 3. The van der Waals surface area contributed by atoms with Crippen molar-refractivity contribution in [1.29, 1.82) is 0 Å². The highest BCUT2D eigenvalue weighted by Gasteiger charge is 2.21. The zero-order valence-electron chi connectivity index (χ0n) is 8.26. The second-order valence-corrected chi connectivity index (χ2v) is 2.65. The Morgan fingerprint density at radius 2 is 1.73 bits per heavy atom. The summed E-state index contributed by atoms with van der Waals surface area (Å²) in [6.07, 6.45) is 3.18. The van der Waals surface area contributed by atoms with Gasteiger partial charge in [0.05, 0.1) is 32.1 Å². The average Bonchev–Trinajstić information content (AvgIpc) is 2.26. The first-order valence-corrected chi connectivity index (χ1v) is 4.02. The van der Waals surface area contributed by atoms with Gasteiger partial charge in [-0.2, -0.15) is 4.90 Å². The van der Waals surface area contributed by atoms with Gasteiger partial charge in [-0.3, -0.25) is 0 Å². The lowest BCUT2D eigenvalue weighted by atomic mass is 10.0. The minimum Gasteiger partial charge on any atom is -0.612 e. The fourth-order valence-corrected chi connectivity index (χ4v) is 1.15. The van der Waals surface area contributed by atoms with Crippen molar-refractivity contribution in [3.63, 3.8) is 0 Å². The summed E-state index contributed by atoms with van der Waals surface area (Å²) < 4.78 is 9.84. The topological polar surface area (TPSA) is 87.8 Å². The lowest BCUT2D eigenvalue weighted by Gasteiger charge is -2.16. The van der Waals surface area contributed by atoms with Gasteiger partial charge in [-0.15, -0.1) is 0 Å². The Labute approximate surface area is 86.2 Å². The Bertz CT molecular complexity index is 374. The predicted octanol–water partition coefficient (Wildman–Crippen LogP) is 0.952. The zero-order chi connectivity index (χ0) is 11.4. The van der Waals surface area contributed by atoms with Crippen LogP contribution in [-0.2, 0) is 9.47 Å². The van der Waals surface area contributed by atoms with Gasteiger partial charge in [-0.1, -0.05) is 0 Å². The quantitative estimate of drug-likeness (QED) is 0.418. The summed E-state index contributed by atoms with van der Waals surface area (Å²) in [5, 5.41) is 30.1. The molecule has 0 aromatic rings. The van der Waals surface area contributed by atoms with Gasteiger partial charge in [0.1, 0.15) is 0 Å². The van der Waals surface area contributed by atoms with Crippen molar-refractivity contribution in [2.24, 2.45) is 0 Å². The number of rotatable bonds is 2. The highest BCUT2D eigenvalue weighted by Crippen LogP contribution is 2.21. The van der Waals surface area contributed by atoms with Crippen LogP contribution in [0.2, 0.25) is 0 Å². The van der Waals surface area contributed by atoms with Crippen LogP contribution in [0.1, 0.15) is 0 Å². The first-order chi connectivity index (χ1) is 7.13. The standard InChI is InChI=1S/C9H10NO5/c1-14-8-3-6(5-11)7(10(12)13)4-9(8)15-2/h3-5H,1-2H3,(H-,11,12,13)/q-1. The molecule has 0 unspecified atom stereocenters. The van der Waals surface area contributed by atoms with E-state index in [2.05, 4.69) is 0 Å². The normalized spacial score (nSPS) is 18.3. The summed E-state index contributed by atoms with van der Waals surface area (Å²) in [6.45, 7) is 0. The van der Waals surface area contributed by atoms with Crippen LogP contribution in [0.5, 0.6) is 0 Å². The van der Waals surface area contributed by atoms with Gasteiger partial charge in [-0.05, 0) is 0 Å². The first-order valence-electron chi connectivity index (χ1n) is 4.02. The van der Waals surface area contributed by atoms with Gasteiger partial charge in [0.2, 0.25) is 5.71 Å². The molecule has 15 heavy (non-hydrogen) atoms. The van der Waals surface area contributed by atoms with Gasteiger partial charge >= 0.3 is 0 Å². The lowest BCUT2D eigenvalue weighted by molar-refractivity contribution is -0.377.